The number of guanidine groups is 1. The molecule has 0 radical (unpaired) electrons. The number of aliphatic imine (C=N–C) groups is 1. The van der Waals surface area contributed by atoms with Crippen molar-refractivity contribution in [2.45, 2.75) is 33.4 Å². The first kappa shape index (κ1) is 25.5. The number of nitrogens with one attached hydrogen (secondary N) is 1. The molecule has 0 aliphatic rings. The summed E-state index contributed by atoms with van der Waals surface area (Å²) in [7, 11) is 3.27. The van der Waals surface area contributed by atoms with Crippen molar-refractivity contribution in [3.8, 4) is 11.5 Å². The van der Waals surface area contributed by atoms with Crippen LogP contribution in [0.1, 0.15) is 28.1 Å². The largest absolute Gasteiger partial charge is 0.493 e. The van der Waals surface area contributed by atoms with Crippen LogP contribution in [-0.2, 0) is 19.5 Å². The molecular weight excluding hydrogens is 517 g/mol. The fraction of sp³-hybridized carbons (Fsp3) is 0.333. The van der Waals surface area contributed by atoms with Gasteiger partial charge in [0.05, 0.1) is 33.0 Å². The van der Waals surface area contributed by atoms with E-state index < -0.39 is 0 Å². The highest BCUT2D eigenvalue weighted by molar-refractivity contribution is 14.0. The van der Waals surface area contributed by atoms with Gasteiger partial charge in [0.15, 0.2) is 17.5 Å². The zero-order valence-corrected chi connectivity index (χ0v) is 21.4. The van der Waals surface area contributed by atoms with Gasteiger partial charge in [-0.05, 0) is 43.5 Å². The van der Waals surface area contributed by atoms with Gasteiger partial charge < -0.3 is 20.5 Å². The van der Waals surface area contributed by atoms with Gasteiger partial charge in [0, 0.05) is 17.8 Å². The van der Waals surface area contributed by atoms with Crippen LogP contribution in [0.15, 0.2) is 53.5 Å². The van der Waals surface area contributed by atoms with Crippen molar-refractivity contribution in [3.05, 3.63) is 76.6 Å². The van der Waals surface area contributed by atoms with E-state index in [1.54, 1.807) is 14.2 Å². The van der Waals surface area contributed by atoms with Gasteiger partial charge in [0.25, 0.3) is 0 Å². The molecule has 0 saturated heterocycles. The Bertz CT molecular complexity index is 1030. The SMILES string of the molecule is COc1ccc(CCNC(N)=NCc2c(C)nn(Cc3ccccc3)c2C)cc1OC.I. The monoisotopic (exact) mass is 549 g/mol. The summed E-state index contributed by atoms with van der Waals surface area (Å²) >= 11 is 0. The molecule has 0 aliphatic carbocycles. The van der Waals surface area contributed by atoms with Gasteiger partial charge in [0.2, 0.25) is 0 Å². The molecule has 0 fully saturated rings. The molecule has 3 rings (SSSR count). The fourth-order valence-electron chi connectivity index (χ4n) is 3.46. The van der Waals surface area contributed by atoms with Gasteiger partial charge in [0.1, 0.15) is 0 Å². The molecule has 0 amide bonds. The topological polar surface area (TPSA) is 86.7 Å². The Balaban J connectivity index is 0.00000363. The molecule has 0 atom stereocenters. The number of nitrogens with zero attached hydrogens (tertiary/aromatic N) is 3. The number of halogens is 1. The highest BCUT2D eigenvalue weighted by Crippen LogP contribution is 2.27. The van der Waals surface area contributed by atoms with Crippen molar-refractivity contribution in [1.82, 2.24) is 15.1 Å². The predicted molar refractivity (Wildman–Crippen MR) is 139 cm³/mol. The van der Waals surface area contributed by atoms with Crippen LogP contribution in [-0.4, -0.2) is 36.5 Å². The summed E-state index contributed by atoms with van der Waals surface area (Å²) in [5, 5.41) is 7.86. The van der Waals surface area contributed by atoms with Crippen molar-refractivity contribution < 1.29 is 9.47 Å². The van der Waals surface area contributed by atoms with E-state index in [2.05, 4.69) is 34.5 Å². The van der Waals surface area contributed by atoms with Gasteiger partial charge in [-0.3, -0.25) is 4.68 Å². The standard InChI is InChI=1S/C24H31N5O2.HI/c1-17-21(18(2)29(28-17)16-20-8-6-5-7-9-20)15-27-24(25)26-13-12-19-10-11-22(30-3)23(14-19)31-4;/h5-11,14H,12-13,15-16H2,1-4H3,(H3,25,26,27);1H. The molecule has 3 aromatic rings. The smallest absolute Gasteiger partial charge is 0.188 e. The minimum Gasteiger partial charge on any atom is -0.493 e. The highest BCUT2D eigenvalue weighted by Gasteiger charge is 2.11. The minimum atomic E-state index is 0. The average molecular weight is 549 g/mol. The van der Waals surface area contributed by atoms with E-state index in [1.807, 2.05) is 48.0 Å². The Hall–Kier alpha value is -2.75. The zero-order chi connectivity index (χ0) is 22.2. The molecule has 1 aromatic heterocycles. The van der Waals surface area contributed by atoms with E-state index in [0.717, 1.165) is 47.0 Å². The molecule has 32 heavy (non-hydrogen) atoms. The van der Waals surface area contributed by atoms with E-state index in [0.29, 0.717) is 19.0 Å². The number of nitrogens with two attached hydrogens (primary N) is 1. The summed E-state index contributed by atoms with van der Waals surface area (Å²) < 4.78 is 12.7. The minimum absolute atomic E-state index is 0. The van der Waals surface area contributed by atoms with E-state index in [-0.39, 0.29) is 24.0 Å². The quantitative estimate of drug-likeness (QED) is 0.241. The maximum Gasteiger partial charge on any atom is 0.188 e. The fourth-order valence-corrected chi connectivity index (χ4v) is 3.46. The van der Waals surface area contributed by atoms with Crippen molar-refractivity contribution in [3.63, 3.8) is 0 Å². The second-order valence-electron chi connectivity index (χ2n) is 7.36. The number of aromatic nitrogens is 2. The third-order valence-electron chi connectivity index (χ3n) is 5.28. The Morgan fingerprint density at radius 2 is 1.75 bits per heavy atom. The van der Waals surface area contributed by atoms with Gasteiger partial charge >= 0.3 is 0 Å². The summed E-state index contributed by atoms with van der Waals surface area (Å²) in [6.07, 6.45) is 0.795. The second-order valence-corrected chi connectivity index (χ2v) is 7.36. The van der Waals surface area contributed by atoms with Crippen LogP contribution in [0.2, 0.25) is 0 Å². The summed E-state index contributed by atoms with van der Waals surface area (Å²) in [6, 6.07) is 16.2. The Kier molecular flexibility index (Phi) is 9.83. The first-order valence-corrected chi connectivity index (χ1v) is 10.3. The van der Waals surface area contributed by atoms with Gasteiger partial charge in [-0.15, -0.1) is 24.0 Å². The third-order valence-corrected chi connectivity index (χ3v) is 5.28. The molecular formula is C24H32IN5O2. The summed E-state index contributed by atoms with van der Waals surface area (Å²) in [5.41, 5.74) is 11.6. The molecule has 172 valence electrons. The Morgan fingerprint density at radius 3 is 2.44 bits per heavy atom. The van der Waals surface area contributed by atoms with Crippen LogP contribution in [0, 0.1) is 13.8 Å². The normalized spacial score (nSPS) is 11.1. The van der Waals surface area contributed by atoms with Crippen LogP contribution in [0.25, 0.3) is 0 Å². The van der Waals surface area contributed by atoms with Crippen molar-refractivity contribution in [1.29, 1.82) is 0 Å². The van der Waals surface area contributed by atoms with Crippen LogP contribution in [0.5, 0.6) is 11.5 Å². The van der Waals surface area contributed by atoms with Gasteiger partial charge in [-0.2, -0.15) is 5.10 Å². The zero-order valence-electron chi connectivity index (χ0n) is 19.1. The molecule has 1 heterocycles. The molecule has 0 aliphatic heterocycles. The lowest BCUT2D eigenvalue weighted by Gasteiger charge is -2.10. The predicted octanol–water partition coefficient (Wildman–Crippen LogP) is 3.83. The first-order valence-electron chi connectivity index (χ1n) is 10.3. The molecule has 7 nitrogen and oxygen atoms in total. The van der Waals surface area contributed by atoms with Crippen molar-refractivity contribution in [2.75, 3.05) is 20.8 Å². The Morgan fingerprint density at radius 1 is 1.03 bits per heavy atom. The van der Waals surface area contributed by atoms with Crippen LogP contribution < -0.4 is 20.5 Å². The van der Waals surface area contributed by atoms with Crippen LogP contribution in [0.4, 0.5) is 0 Å². The number of ether oxygens (including phenoxy) is 2. The number of benzene rings is 2. The third kappa shape index (κ3) is 6.62. The summed E-state index contributed by atoms with van der Waals surface area (Å²) in [5.74, 6) is 1.87. The average Bonchev–Trinajstić information content (AvgIpc) is 3.05. The number of rotatable bonds is 9. The molecule has 0 bridgehead atoms. The summed E-state index contributed by atoms with van der Waals surface area (Å²) in [6.45, 7) is 6.02. The lowest BCUT2D eigenvalue weighted by molar-refractivity contribution is 0.354. The second kappa shape index (κ2) is 12.3. The summed E-state index contributed by atoms with van der Waals surface area (Å²) in [4.78, 5) is 4.51. The van der Waals surface area contributed by atoms with Gasteiger partial charge in [-0.25, -0.2) is 4.99 Å². The highest BCUT2D eigenvalue weighted by atomic mass is 127. The number of aryl methyl sites for hydroxylation is 1. The van der Waals surface area contributed by atoms with Crippen LogP contribution >= 0.6 is 24.0 Å². The molecule has 0 saturated carbocycles. The molecule has 0 unspecified atom stereocenters. The van der Waals surface area contributed by atoms with Crippen molar-refractivity contribution in [2.24, 2.45) is 10.7 Å². The molecule has 3 N–H and O–H groups in total. The van der Waals surface area contributed by atoms with Crippen LogP contribution in [0.3, 0.4) is 0 Å². The Labute approximate surface area is 207 Å². The first-order chi connectivity index (χ1) is 15.0. The van der Waals surface area contributed by atoms with E-state index >= 15 is 0 Å². The van der Waals surface area contributed by atoms with Crippen molar-refractivity contribution >= 4 is 29.9 Å². The van der Waals surface area contributed by atoms with E-state index in [4.69, 9.17) is 15.2 Å². The van der Waals surface area contributed by atoms with E-state index in [1.165, 1.54) is 5.56 Å². The maximum atomic E-state index is 6.08. The van der Waals surface area contributed by atoms with Gasteiger partial charge in [-0.1, -0.05) is 36.4 Å². The lowest BCUT2D eigenvalue weighted by Crippen LogP contribution is -2.33. The molecule has 2 aromatic carbocycles. The number of methoxy groups -OCH3 is 2. The van der Waals surface area contributed by atoms with E-state index in [9.17, 15) is 0 Å². The number of hydrogen-bond donors (Lipinski definition) is 2. The molecule has 8 heteroatoms. The number of hydrogen-bond acceptors (Lipinski definition) is 4. The molecule has 0 spiro atoms. The maximum absolute atomic E-state index is 6.08. The lowest BCUT2D eigenvalue weighted by atomic mass is 10.1.